The average molecular weight is 409 g/mol. The summed E-state index contributed by atoms with van der Waals surface area (Å²) in [5.41, 5.74) is 0.503. The Labute approximate surface area is 143 Å². The summed E-state index contributed by atoms with van der Waals surface area (Å²) in [4.78, 5) is 0. The van der Waals surface area contributed by atoms with E-state index in [1.807, 2.05) is 6.07 Å². The Hall–Kier alpha value is -0.213. The van der Waals surface area contributed by atoms with Gasteiger partial charge in [0.25, 0.3) is 10.1 Å². The summed E-state index contributed by atoms with van der Waals surface area (Å²) in [7, 11) is -6.45. The van der Waals surface area contributed by atoms with Crippen molar-refractivity contribution in [3.8, 4) is 0 Å². The maximum absolute atomic E-state index is 12.0. The highest BCUT2D eigenvalue weighted by Gasteiger charge is 2.45. The number of benzene rings is 1. The molecular weight excluding hydrogens is 384 g/mol. The molecule has 0 saturated heterocycles. The first-order valence-electron chi connectivity index (χ1n) is 7.08. The second-order valence-corrected chi connectivity index (χ2v) is 14.8. The molecule has 0 aliphatic carbocycles. The first-order valence-corrected chi connectivity index (χ1v) is 12.2. The van der Waals surface area contributed by atoms with Crippen molar-refractivity contribution in [3.05, 3.63) is 34.3 Å². The number of hydrogen-bond acceptors (Lipinski definition) is 3. The van der Waals surface area contributed by atoms with Crippen LogP contribution in [0.4, 0.5) is 0 Å². The molecule has 0 aliphatic heterocycles. The minimum atomic E-state index is -4.33. The molecule has 0 fully saturated rings. The maximum Gasteiger partial charge on any atom is 0.276 e. The molecule has 1 atom stereocenters. The Morgan fingerprint density at radius 2 is 1.77 bits per heavy atom. The highest BCUT2D eigenvalue weighted by Crippen LogP contribution is 2.39. The topological polar surface area (TPSA) is 63.6 Å². The molecule has 1 aromatic rings. The van der Waals surface area contributed by atoms with Gasteiger partial charge in [-0.1, -0.05) is 48.8 Å². The summed E-state index contributed by atoms with van der Waals surface area (Å²) >= 11 is 3.34. The molecule has 0 aliphatic rings. The van der Waals surface area contributed by atoms with Crippen LogP contribution in [0, 0.1) is 0 Å². The van der Waals surface area contributed by atoms with E-state index >= 15 is 0 Å². The molecular formula is C15H25BrO4SSi. The van der Waals surface area contributed by atoms with Crippen LogP contribution in [0.25, 0.3) is 0 Å². The molecule has 7 heteroatoms. The second kappa shape index (κ2) is 6.35. The summed E-state index contributed by atoms with van der Waals surface area (Å²) in [5, 5.41) is -0.0373. The van der Waals surface area contributed by atoms with Gasteiger partial charge >= 0.3 is 0 Å². The van der Waals surface area contributed by atoms with E-state index in [9.17, 15) is 13.0 Å². The normalized spacial score (nSPS) is 16.4. The smallest absolute Gasteiger partial charge is 0.276 e. The third-order valence-corrected chi connectivity index (χ3v) is 11.0. The van der Waals surface area contributed by atoms with Crippen molar-refractivity contribution in [2.75, 3.05) is 6.61 Å². The van der Waals surface area contributed by atoms with Gasteiger partial charge in [0.2, 0.25) is 0 Å². The van der Waals surface area contributed by atoms with Crippen LogP contribution in [-0.4, -0.2) is 27.9 Å². The van der Waals surface area contributed by atoms with Gasteiger partial charge in [-0.25, -0.2) is 0 Å². The third kappa shape index (κ3) is 4.20. The van der Waals surface area contributed by atoms with Crippen molar-refractivity contribution in [3.63, 3.8) is 0 Å². The fourth-order valence-electron chi connectivity index (χ4n) is 1.66. The number of hydrogen-bond donors (Lipinski definition) is 1. The lowest BCUT2D eigenvalue weighted by atomic mass is 10.0. The SMILES string of the molecule is CC(C)(C)[Si](C)(C)OC[C@@](C)(c1cccc(Br)c1)S(=O)(=O)O. The van der Waals surface area contributed by atoms with E-state index < -0.39 is 23.2 Å². The number of halogens is 1. The second-order valence-electron chi connectivity index (χ2n) is 7.27. The third-order valence-electron chi connectivity index (χ3n) is 4.52. The van der Waals surface area contributed by atoms with E-state index in [-0.39, 0.29) is 11.6 Å². The van der Waals surface area contributed by atoms with Gasteiger partial charge in [-0.3, -0.25) is 4.55 Å². The predicted octanol–water partition coefficient (Wildman–Crippen LogP) is 4.57. The van der Waals surface area contributed by atoms with E-state index in [1.54, 1.807) is 18.2 Å². The molecule has 1 aromatic carbocycles. The van der Waals surface area contributed by atoms with Crippen LogP contribution in [0.5, 0.6) is 0 Å². The van der Waals surface area contributed by atoms with Gasteiger partial charge < -0.3 is 4.43 Å². The standard InChI is InChI=1S/C15H25BrO4SSi/c1-14(2,3)22(5,6)20-11-15(4,21(17,18)19)12-8-7-9-13(16)10-12/h7-10H,11H2,1-6H3,(H,17,18,19)/t15-/m0/s1. The van der Waals surface area contributed by atoms with Crippen LogP contribution in [-0.2, 0) is 19.3 Å². The van der Waals surface area contributed by atoms with Crippen molar-refractivity contribution in [2.45, 2.75) is 50.6 Å². The van der Waals surface area contributed by atoms with Gasteiger partial charge in [0.05, 0.1) is 6.61 Å². The predicted molar refractivity (Wildman–Crippen MR) is 96.2 cm³/mol. The van der Waals surface area contributed by atoms with Crippen LogP contribution < -0.4 is 0 Å². The Bertz CT molecular complexity index is 637. The van der Waals surface area contributed by atoms with Crippen LogP contribution in [0.2, 0.25) is 18.1 Å². The zero-order valence-corrected chi connectivity index (χ0v) is 17.4. The largest absolute Gasteiger partial charge is 0.415 e. The first-order chi connectivity index (χ1) is 9.71. The summed E-state index contributed by atoms with van der Waals surface area (Å²) < 4.78 is 39.1. The summed E-state index contributed by atoms with van der Waals surface area (Å²) in [6.45, 7) is 11.8. The van der Waals surface area contributed by atoms with Crippen molar-refractivity contribution >= 4 is 34.4 Å². The first kappa shape index (κ1) is 19.8. The lowest BCUT2D eigenvalue weighted by Crippen LogP contribution is -2.46. The van der Waals surface area contributed by atoms with Gasteiger partial charge in [0.1, 0.15) is 4.75 Å². The van der Waals surface area contributed by atoms with Gasteiger partial charge in [-0.2, -0.15) is 8.42 Å². The Kier molecular flexibility index (Phi) is 5.73. The van der Waals surface area contributed by atoms with Crippen molar-refractivity contribution in [1.29, 1.82) is 0 Å². The minimum Gasteiger partial charge on any atom is -0.415 e. The van der Waals surface area contributed by atoms with Gasteiger partial charge in [0.15, 0.2) is 8.32 Å². The van der Waals surface area contributed by atoms with E-state index in [0.29, 0.717) is 5.56 Å². The molecule has 1 N–H and O–H groups in total. The monoisotopic (exact) mass is 408 g/mol. The molecule has 22 heavy (non-hydrogen) atoms. The zero-order chi connectivity index (χ0) is 17.4. The molecule has 1 rings (SSSR count). The zero-order valence-electron chi connectivity index (χ0n) is 14.0. The minimum absolute atomic E-state index is 0.0373. The molecule has 0 unspecified atom stereocenters. The quantitative estimate of drug-likeness (QED) is 0.571. The van der Waals surface area contributed by atoms with E-state index in [0.717, 1.165) is 4.47 Å². The molecule has 126 valence electrons. The highest BCUT2D eigenvalue weighted by molar-refractivity contribution is 9.10. The lowest BCUT2D eigenvalue weighted by Gasteiger charge is -2.39. The summed E-state index contributed by atoms with van der Waals surface area (Å²) in [5.74, 6) is 0. The molecule has 0 saturated carbocycles. The van der Waals surface area contributed by atoms with Crippen molar-refractivity contribution < 1.29 is 17.4 Å². The maximum atomic E-state index is 12.0. The molecule has 4 nitrogen and oxygen atoms in total. The summed E-state index contributed by atoms with van der Waals surface area (Å²) in [6.07, 6.45) is 0. The Morgan fingerprint density at radius 1 is 1.23 bits per heavy atom. The van der Waals surface area contributed by atoms with Crippen molar-refractivity contribution in [1.82, 2.24) is 0 Å². The van der Waals surface area contributed by atoms with Crippen molar-refractivity contribution in [2.24, 2.45) is 0 Å². The van der Waals surface area contributed by atoms with E-state index in [4.69, 9.17) is 4.43 Å². The van der Waals surface area contributed by atoms with E-state index in [1.165, 1.54) is 6.92 Å². The molecule has 0 spiro atoms. The van der Waals surface area contributed by atoms with Crippen LogP contribution in [0.1, 0.15) is 33.3 Å². The molecule has 0 bridgehead atoms. The average Bonchev–Trinajstić information content (AvgIpc) is 2.33. The Balaban J connectivity index is 3.22. The molecule has 0 aromatic heterocycles. The van der Waals surface area contributed by atoms with Gasteiger partial charge in [-0.15, -0.1) is 0 Å². The van der Waals surface area contributed by atoms with E-state index in [2.05, 4.69) is 49.8 Å². The lowest BCUT2D eigenvalue weighted by molar-refractivity contribution is 0.241. The van der Waals surface area contributed by atoms with Crippen LogP contribution in [0.15, 0.2) is 28.7 Å². The molecule has 0 heterocycles. The highest BCUT2D eigenvalue weighted by atomic mass is 79.9. The number of rotatable bonds is 5. The summed E-state index contributed by atoms with van der Waals surface area (Å²) in [6, 6.07) is 6.94. The van der Waals surface area contributed by atoms with Gasteiger partial charge in [-0.05, 0) is 42.8 Å². The van der Waals surface area contributed by atoms with Gasteiger partial charge in [0, 0.05) is 4.47 Å². The molecule has 0 amide bonds. The Morgan fingerprint density at radius 3 is 2.18 bits per heavy atom. The fraction of sp³-hybridized carbons (Fsp3) is 0.600. The molecule has 0 radical (unpaired) electrons. The van der Waals surface area contributed by atoms with Crippen LogP contribution in [0.3, 0.4) is 0 Å². The van der Waals surface area contributed by atoms with Crippen LogP contribution >= 0.6 is 15.9 Å². The fourth-order valence-corrected chi connectivity index (χ4v) is 3.88.